The Kier molecular flexibility index (Phi) is 4.13. The van der Waals surface area contributed by atoms with Gasteiger partial charge in [-0.1, -0.05) is 33.3 Å². The van der Waals surface area contributed by atoms with Gasteiger partial charge in [0.2, 0.25) is 0 Å². The molecule has 0 aromatic heterocycles. The standard InChI is InChI=1S/C19H34O2/c1-7-17(4,20)13-15-18(5)11-8-10-16(2,3)14(18)9-12-19(15,6)21/h7,14-15,20-21H,1,8-13H2,2-6H3/t14-,15+,17+,18-,19-/m1/s1. The molecule has 2 rings (SSSR count). The predicted molar refractivity (Wildman–Crippen MR) is 88.0 cm³/mol. The van der Waals surface area contributed by atoms with Crippen molar-refractivity contribution in [2.45, 2.75) is 84.3 Å². The van der Waals surface area contributed by atoms with Crippen LogP contribution >= 0.6 is 0 Å². The van der Waals surface area contributed by atoms with E-state index in [1.54, 1.807) is 6.08 Å². The molecule has 0 spiro atoms. The Bertz CT molecular complexity index is 408. The van der Waals surface area contributed by atoms with E-state index in [1.807, 2.05) is 13.8 Å². The van der Waals surface area contributed by atoms with Crippen LogP contribution in [0.5, 0.6) is 0 Å². The Labute approximate surface area is 130 Å². The Morgan fingerprint density at radius 2 is 1.81 bits per heavy atom. The zero-order chi connectivity index (χ0) is 16.1. The van der Waals surface area contributed by atoms with E-state index in [-0.39, 0.29) is 11.3 Å². The van der Waals surface area contributed by atoms with Crippen LogP contribution in [-0.2, 0) is 0 Å². The summed E-state index contributed by atoms with van der Waals surface area (Å²) in [6, 6.07) is 0. The zero-order valence-electron chi connectivity index (χ0n) is 14.6. The Balaban J connectivity index is 2.39. The highest BCUT2D eigenvalue weighted by molar-refractivity contribution is 5.10. The summed E-state index contributed by atoms with van der Waals surface area (Å²) in [5, 5.41) is 21.5. The van der Waals surface area contributed by atoms with Gasteiger partial charge in [0.15, 0.2) is 0 Å². The Morgan fingerprint density at radius 3 is 2.38 bits per heavy atom. The van der Waals surface area contributed by atoms with Gasteiger partial charge in [-0.2, -0.15) is 0 Å². The smallest absolute Gasteiger partial charge is 0.0801 e. The van der Waals surface area contributed by atoms with Crippen molar-refractivity contribution in [3.05, 3.63) is 12.7 Å². The van der Waals surface area contributed by atoms with Gasteiger partial charge in [0.1, 0.15) is 0 Å². The molecule has 2 saturated carbocycles. The minimum absolute atomic E-state index is 0.108. The predicted octanol–water partition coefficient (Wildman–Crippen LogP) is 4.31. The van der Waals surface area contributed by atoms with Gasteiger partial charge in [-0.3, -0.25) is 0 Å². The second-order valence-corrected chi connectivity index (χ2v) is 9.11. The van der Waals surface area contributed by atoms with Gasteiger partial charge in [-0.15, -0.1) is 6.58 Å². The molecule has 0 aliphatic heterocycles. The topological polar surface area (TPSA) is 40.5 Å². The summed E-state index contributed by atoms with van der Waals surface area (Å²) in [4.78, 5) is 0. The van der Waals surface area contributed by atoms with Crippen molar-refractivity contribution in [1.29, 1.82) is 0 Å². The number of hydrogen-bond acceptors (Lipinski definition) is 2. The molecule has 0 bridgehead atoms. The number of hydrogen-bond donors (Lipinski definition) is 2. The SMILES string of the molecule is C=C[C@](C)(O)C[C@H]1[C@]2(C)CCCC(C)(C)[C@H]2CC[C@@]1(C)O. The molecular weight excluding hydrogens is 260 g/mol. The maximum Gasteiger partial charge on any atom is 0.0801 e. The Hall–Kier alpha value is -0.340. The van der Waals surface area contributed by atoms with Gasteiger partial charge in [0.05, 0.1) is 11.2 Å². The third kappa shape index (κ3) is 2.94. The van der Waals surface area contributed by atoms with Gasteiger partial charge in [0, 0.05) is 0 Å². The maximum atomic E-state index is 11.0. The van der Waals surface area contributed by atoms with E-state index in [0.29, 0.717) is 17.8 Å². The van der Waals surface area contributed by atoms with Crippen LogP contribution in [0.3, 0.4) is 0 Å². The lowest BCUT2D eigenvalue weighted by atomic mass is 9.44. The van der Waals surface area contributed by atoms with Crippen LogP contribution in [0.2, 0.25) is 0 Å². The molecule has 0 amide bonds. The summed E-state index contributed by atoms with van der Waals surface area (Å²) in [6.45, 7) is 14.7. The van der Waals surface area contributed by atoms with Crippen molar-refractivity contribution in [1.82, 2.24) is 0 Å². The second-order valence-electron chi connectivity index (χ2n) is 9.11. The largest absolute Gasteiger partial charge is 0.390 e. The first-order chi connectivity index (χ1) is 9.45. The number of rotatable bonds is 3. The summed E-state index contributed by atoms with van der Waals surface area (Å²) in [5.74, 6) is 0.751. The van der Waals surface area contributed by atoms with Gasteiger partial charge < -0.3 is 10.2 Å². The Morgan fingerprint density at radius 1 is 1.19 bits per heavy atom. The van der Waals surface area contributed by atoms with Gasteiger partial charge in [0.25, 0.3) is 0 Å². The molecule has 2 fully saturated rings. The van der Waals surface area contributed by atoms with Crippen LogP contribution in [0, 0.1) is 22.7 Å². The highest BCUT2D eigenvalue weighted by Crippen LogP contribution is 2.63. The van der Waals surface area contributed by atoms with E-state index in [0.717, 1.165) is 19.3 Å². The second kappa shape index (κ2) is 5.09. The average Bonchev–Trinajstić information content (AvgIpc) is 2.33. The van der Waals surface area contributed by atoms with E-state index in [9.17, 15) is 10.2 Å². The first-order valence-electron chi connectivity index (χ1n) is 8.53. The van der Waals surface area contributed by atoms with E-state index >= 15 is 0 Å². The monoisotopic (exact) mass is 294 g/mol. The van der Waals surface area contributed by atoms with Crippen LogP contribution in [0.15, 0.2) is 12.7 Å². The highest BCUT2D eigenvalue weighted by atomic mass is 16.3. The summed E-state index contributed by atoms with van der Waals surface area (Å²) in [6.07, 6.45) is 7.84. The van der Waals surface area contributed by atoms with E-state index in [2.05, 4.69) is 27.4 Å². The molecule has 0 aromatic rings. The third-order valence-electron chi connectivity index (χ3n) is 6.82. The van der Waals surface area contributed by atoms with Crippen LogP contribution in [-0.4, -0.2) is 21.4 Å². The molecule has 122 valence electrons. The van der Waals surface area contributed by atoms with Crippen LogP contribution in [0.1, 0.15) is 73.1 Å². The van der Waals surface area contributed by atoms with Crippen molar-refractivity contribution in [3.8, 4) is 0 Å². The molecule has 0 unspecified atom stereocenters. The molecule has 0 radical (unpaired) electrons. The molecule has 2 heteroatoms. The molecule has 21 heavy (non-hydrogen) atoms. The van der Waals surface area contributed by atoms with Gasteiger partial charge >= 0.3 is 0 Å². The molecule has 2 N–H and O–H groups in total. The third-order valence-corrected chi connectivity index (χ3v) is 6.82. The molecule has 0 aromatic carbocycles. The fraction of sp³-hybridized carbons (Fsp3) is 0.895. The van der Waals surface area contributed by atoms with E-state index in [4.69, 9.17) is 0 Å². The molecule has 2 aliphatic carbocycles. The maximum absolute atomic E-state index is 11.0. The minimum Gasteiger partial charge on any atom is -0.390 e. The van der Waals surface area contributed by atoms with Gasteiger partial charge in [-0.25, -0.2) is 0 Å². The molecule has 0 heterocycles. The minimum atomic E-state index is -0.902. The molecule has 2 nitrogen and oxygen atoms in total. The van der Waals surface area contributed by atoms with Crippen molar-refractivity contribution in [2.75, 3.05) is 0 Å². The summed E-state index contributed by atoms with van der Waals surface area (Å²) in [7, 11) is 0. The fourth-order valence-corrected chi connectivity index (χ4v) is 5.57. The average molecular weight is 294 g/mol. The fourth-order valence-electron chi connectivity index (χ4n) is 5.57. The normalized spacial score (nSPS) is 45.5. The lowest BCUT2D eigenvalue weighted by Gasteiger charge is -2.62. The summed E-state index contributed by atoms with van der Waals surface area (Å²) >= 11 is 0. The lowest BCUT2D eigenvalue weighted by molar-refractivity contribution is -0.180. The summed E-state index contributed by atoms with van der Waals surface area (Å²) < 4.78 is 0. The first-order valence-corrected chi connectivity index (χ1v) is 8.53. The van der Waals surface area contributed by atoms with Crippen LogP contribution < -0.4 is 0 Å². The molecule has 0 saturated heterocycles. The molecule has 2 aliphatic rings. The zero-order valence-corrected chi connectivity index (χ0v) is 14.6. The van der Waals surface area contributed by atoms with Gasteiger partial charge in [-0.05, 0) is 68.6 Å². The van der Waals surface area contributed by atoms with Crippen molar-refractivity contribution >= 4 is 0 Å². The van der Waals surface area contributed by atoms with E-state index in [1.165, 1.54) is 12.8 Å². The number of fused-ring (bicyclic) bond motifs is 1. The van der Waals surface area contributed by atoms with E-state index < -0.39 is 11.2 Å². The number of aliphatic hydroxyl groups is 2. The van der Waals surface area contributed by atoms with Crippen molar-refractivity contribution in [2.24, 2.45) is 22.7 Å². The van der Waals surface area contributed by atoms with Crippen molar-refractivity contribution in [3.63, 3.8) is 0 Å². The molecular formula is C19H34O2. The first kappa shape index (κ1) is 17.0. The highest BCUT2D eigenvalue weighted by Gasteiger charge is 2.58. The molecule has 5 atom stereocenters. The quantitative estimate of drug-likeness (QED) is 0.762. The van der Waals surface area contributed by atoms with Crippen molar-refractivity contribution < 1.29 is 10.2 Å². The van der Waals surface area contributed by atoms with Crippen LogP contribution in [0.25, 0.3) is 0 Å². The summed E-state index contributed by atoms with van der Waals surface area (Å²) in [5.41, 5.74) is -1.15. The van der Waals surface area contributed by atoms with Crippen LogP contribution in [0.4, 0.5) is 0 Å². The lowest BCUT2D eigenvalue weighted by Crippen LogP contribution is -2.58.